The van der Waals surface area contributed by atoms with Crippen molar-refractivity contribution in [2.75, 3.05) is 0 Å². The molecule has 0 aromatic heterocycles. The fraction of sp³-hybridized carbons (Fsp3) is 1.00. The Morgan fingerprint density at radius 1 is 0.524 bits per heavy atom. The normalized spacial score (nSPS) is 35.9. The van der Waals surface area contributed by atoms with E-state index in [1.54, 1.807) is 25.7 Å². The number of alkyl halides is 2. The van der Waals surface area contributed by atoms with Gasteiger partial charge in [-0.15, -0.1) is 0 Å². The van der Waals surface area contributed by atoms with Crippen molar-refractivity contribution in [2.45, 2.75) is 101 Å². The fourth-order valence-corrected chi connectivity index (χ4v) is 8.66. The average Bonchev–Trinajstić information content (AvgIpc) is 2.38. The van der Waals surface area contributed by atoms with Gasteiger partial charge in [-0.3, -0.25) is 0 Å². The molecule has 0 unspecified atom stereocenters. The number of hydrogen-bond donors (Lipinski definition) is 0. The van der Waals surface area contributed by atoms with E-state index in [1.165, 1.54) is 33.5 Å². The molecule has 0 heterocycles. The summed E-state index contributed by atoms with van der Waals surface area (Å²) in [7, 11) is 0. The van der Waals surface area contributed by atoms with Crippen LogP contribution in [0.1, 0.15) is 92.9 Å². The van der Waals surface area contributed by atoms with Crippen LogP contribution in [0.4, 0.5) is 0 Å². The molecule has 2 saturated carbocycles. The zero-order valence-electron chi connectivity index (χ0n) is 15.3. The summed E-state index contributed by atoms with van der Waals surface area (Å²) < 4.78 is 2.33. The Bertz CT molecular complexity index is 272. The van der Waals surface area contributed by atoms with Gasteiger partial charge in [-0.05, 0) is 0 Å². The Morgan fingerprint density at radius 2 is 0.810 bits per heavy atom. The van der Waals surface area contributed by atoms with Crippen molar-refractivity contribution in [3.63, 3.8) is 0 Å². The third-order valence-corrected chi connectivity index (χ3v) is 10.6. The maximum absolute atomic E-state index is 2.45. The van der Waals surface area contributed by atoms with E-state index < -0.39 is 0 Å². The molecule has 1 heteroatoms. The predicted octanol–water partition coefficient (Wildman–Crippen LogP) is 3.29. The second-order valence-electron chi connectivity index (χ2n) is 9.76. The molecule has 0 radical (unpaired) electrons. The Kier molecular flexibility index (Phi) is 6.10. The Hall–Kier alpha value is 0.730. The summed E-state index contributed by atoms with van der Waals surface area (Å²) in [6, 6.07) is 0. The van der Waals surface area contributed by atoms with Crippen LogP contribution >= 0.6 is 0 Å². The molecule has 126 valence electrons. The van der Waals surface area contributed by atoms with E-state index in [1.807, 2.05) is 0 Å². The summed E-state index contributed by atoms with van der Waals surface area (Å²) in [4.78, 5) is 0. The van der Waals surface area contributed by atoms with Crippen LogP contribution in [0.5, 0.6) is 0 Å². The summed E-state index contributed by atoms with van der Waals surface area (Å²) in [6.07, 6.45) is 12.3. The van der Waals surface area contributed by atoms with E-state index in [0.717, 1.165) is 11.8 Å². The first-order chi connectivity index (χ1) is 9.66. The fourth-order valence-electron chi connectivity index (χ4n) is 4.34. The van der Waals surface area contributed by atoms with Crippen LogP contribution in [0.15, 0.2) is 0 Å². The molecule has 0 atom stereocenters. The van der Waals surface area contributed by atoms with Gasteiger partial charge in [0.25, 0.3) is 0 Å². The van der Waals surface area contributed by atoms with Crippen LogP contribution in [0.2, 0.25) is 0 Å². The minimum absolute atomic E-state index is 0.470. The van der Waals surface area contributed by atoms with Crippen LogP contribution in [0, 0.1) is 22.7 Å². The van der Waals surface area contributed by atoms with Crippen LogP contribution in [-0.2, 0) is 0 Å². The summed E-state index contributed by atoms with van der Waals surface area (Å²) in [5.74, 6) is 1.99. The molecule has 0 amide bonds. The molecular weight excluding hydrogens is 367 g/mol. The molecule has 2 aliphatic rings. The van der Waals surface area contributed by atoms with Gasteiger partial charge >= 0.3 is 145 Å². The van der Waals surface area contributed by atoms with Crippen LogP contribution in [0.25, 0.3) is 0 Å². The summed E-state index contributed by atoms with van der Waals surface area (Å²) in [5.41, 5.74) is 1.10. The number of rotatable bonds is 2. The summed E-state index contributed by atoms with van der Waals surface area (Å²) in [5, 5.41) is 0. The summed E-state index contributed by atoms with van der Waals surface area (Å²) >= 11 is 0.470. The molecule has 0 N–H and O–H groups in total. The van der Waals surface area contributed by atoms with Crippen molar-refractivity contribution in [2.24, 2.45) is 22.7 Å². The molecule has 0 bridgehead atoms. The summed E-state index contributed by atoms with van der Waals surface area (Å²) in [6.45, 7) is 14.7. The van der Waals surface area contributed by atoms with Crippen molar-refractivity contribution < 1.29 is 21.2 Å². The van der Waals surface area contributed by atoms with Crippen LogP contribution < -0.4 is 21.2 Å². The molecule has 0 saturated heterocycles. The van der Waals surface area contributed by atoms with E-state index in [2.05, 4.69) is 41.5 Å². The van der Waals surface area contributed by atoms with Gasteiger partial charge < -0.3 is 0 Å². The number of hydrogen-bond acceptors (Lipinski definition) is 0. The molecule has 21 heavy (non-hydrogen) atoms. The maximum atomic E-state index is 2.45. The molecule has 2 rings (SSSR count). The predicted molar refractivity (Wildman–Crippen MR) is 90.4 cm³/mol. The van der Waals surface area contributed by atoms with E-state index >= 15 is 0 Å². The average molecular weight is 405 g/mol. The van der Waals surface area contributed by atoms with Gasteiger partial charge in [0, 0.05) is 0 Å². The third-order valence-electron chi connectivity index (χ3n) is 6.12. The molecule has 0 nitrogen and oxygen atoms in total. The van der Waals surface area contributed by atoms with Crippen molar-refractivity contribution in [3.8, 4) is 0 Å². The first-order valence-corrected chi connectivity index (χ1v) is 11.8. The van der Waals surface area contributed by atoms with Crippen LogP contribution in [0.3, 0.4) is 0 Å². The molecule has 0 spiro atoms. The Morgan fingerprint density at radius 3 is 1.05 bits per heavy atom. The van der Waals surface area contributed by atoms with Crippen molar-refractivity contribution >= 4 is 0 Å². The first kappa shape index (κ1) is 18.1. The first-order valence-electron chi connectivity index (χ1n) is 9.28. The van der Waals surface area contributed by atoms with Gasteiger partial charge in [0.1, 0.15) is 0 Å². The van der Waals surface area contributed by atoms with E-state index in [9.17, 15) is 0 Å². The second-order valence-corrected chi connectivity index (χ2v) is 14.0. The molecule has 0 aromatic rings. The van der Waals surface area contributed by atoms with Gasteiger partial charge in [0.05, 0.1) is 0 Å². The van der Waals surface area contributed by atoms with Gasteiger partial charge in [-0.2, -0.15) is 0 Å². The second kappa shape index (κ2) is 7.09. The van der Waals surface area contributed by atoms with Crippen molar-refractivity contribution in [1.82, 2.24) is 0 Å². The zero-order chi connectivity index (χ0) is 15.7. The Labute approximate surface area is 144 Å². The monoisotopic (exact) mass is 405 g/mol. The van der Waals surface area contributed by atoms with Crippen LogP contribution in [-0.4, -0.2) is 7.85 Å². The van der Waals surface area contributed by atoms with E-state index in [0.29, 0.717) is 32.0 Å². The standard InChI is InChI=1S/C20H38I/c1-19(2,3)15-7-11-17(12-8-15)21-18-13-9-16(10-14-18)20(4,5)6/h15-18H,7-14H2,1-6H3/q-1. The minimum atomic E-state index is 0.470. The molecule has 0 aromatic carbocycles. The van der Waals surface area contributed by atoms with Gasteiger partial charge in [-0.25, -0.2) is 0 Å². The topological polar surface area (TPSA) is 0 Å². The zero-order valence-corrected chi connectivity index (χ0v) is 17.5. The quantitative estimate of drug-likeness (QED) is 0.489. The van der Waals surface area contributed by atoms with E-state index in [4.69, 9.17) is 0 Å². The van der Waals surface area contributed by atoms with Gasteiger partial charge in [0.2, 0.25) is 0 Å². The SMILES string of the molecule is CC(C)(C)C1CCC([I-]C2CCC(C(C)(C)C)CC2)CC1. The van der Waals surface area contributed by atoms with Gasteiger partial charge in [-0.1, -0.05) is 0 Å². The molecule has 2 aliphatic carbocycles. The van der Waals surface area contributed by atoms with E-state index in [-0.39, 0.29) is 0 Å². The van der Waals surface area contributed by atoms with Crippen molar-refractivity contribution in [1.29, 1.82) is 0 Å². The third kappa shape index (κ3) is 5.39. The molecule has 0 aliphatic heterocycles. The number of halogens is 1. The Balaban J connectivity index is 1.71. The molecule has 2 fully saturated rings. The molecular formula is C20H38I-. The van der Waals surface area contributed by atoms with Crippen molar-refractivity contribution in [3.05, 3.63) is 0 Å². The van der Waals surface area contributed by atoms with Gasteiger partial charge in [0.15, 0.2) is 0 Å².